The van der Waals surface area contributed by atoms with E-state index in [9.17, 15) is 22.8 Å². The van der Waals surface area contributed by atoms with Gasteiger partial charge >= 0.3 is 0 Å². The van der Waals surface area contributed by atoms with Crippen LogP contribution in [0.1, 0.15) is 46.0 Å². The van der Waals surface area contributed by atoms with Gasteiger partial charge in [0.05, 0.1) is 16.7 Å². The third-order valence-corrected chi connectivity index (χ3v) is 7.01. The Morgan fingerprint density at radius 3 is 2.14 bits per heavy atom. The SMILES string of the molecule is CC(C)NS(=O)(=O)c1ccc(NC(=O)CCN2C(=O)[C@H]3CCCC[C@@H]3C2=O)cc1. The highest BCUT2D eigenvalue weighted by molar-refractivity contribution is 7.89. The molecule has 158 valence electrons. The Balaban J connectivity index is 1.55. The maximum absolute atomic E-state index is 12.4. The first-order valence-corrected chi connectivity index (χ1v) is 11.4. The molecule has 29 heavy (non-hydrogen) atoms. The van der Waals surface area contributed by atoms with Crippen molar-refractivity contribution in [3.63, 3.8) is 0 Å². The van der Waals surface area contributed by atoms with Crippen molar-refractivity contribution in [3.05, 3.63) is 24.3 Å². The molecule has 0 radical (unpaired) electrons. The maximum atomic E-state index is 12.4. The smallest absolute Gasteiger partial charge is 0.240 e. The van der Waals surface area contributed by atoms with Crippen LogP contribution in [0.3, 0.4) is 0 Å². The molecule has 0 unspecified atom stereocenters. The number of likely N-dealkylation sites (tertiary alicyclic amines) is 1. The third-order valence-electron chi connectivity index (χ3n) is 5.33. The van der Waals surface area contributed by atoms with Gasteiger partial charge in [-0.15, -0.1) is 0 Å². The Morgan fingerprint density at radius 1 is 1.07 bits per heavy atom. The summed E-state index contributed by atoms with van der Waals surface area (Å²) in [5, 5.41) is 2.67. The minimum absolute atomic E-state index is 0.00583. The fourth-order valence-corrected chi connectivity index (χ4v) is 5.24. The number of hydrogen-bond acceptors (Lipinski definition) is 5. The zero-order valence-electron chi connectivity index (χ0n) is 16.7. The summed E-state index contributed by atoms with van der Waals surface area (Å²) in [6, 6.07) is 5.62. The number of sulfonamides is 1. The van der Waals surface area contributed by atoms with E-state index in [0.717, 1.165) is 25.7 Å². The van der Waals surface area contributed by atoms with Crippen molar-refractivity contribution in [1.29, 1.82) is 0 Å². The van der Waals surface area contributed by atoms with Crippen molar-refractivity contribution in [1.82, 2.24) is 9.62 Å². The molecule has 1 aromatic carbocycles. The van der Waals surface area contributed by atoms with Gasteiger partial charge < -0.3 is 5.32 Å². The number of imide groups is 1. The van der Waals surface area contributed by atoms with Crippen LogP contribution in [0.15, 0.2) is 29.2 Å². The number of carbonyl (C=O) groups is 3. The zero-order valence-corrected chi connectivity index (χ0v) is 17.5. The Bertz CT molecular complexity index is 871. The number of nitrogens with one attached hydrogen (secondary N) is 2. The van der Waals surface area contributed by atoms with Crippen LogP contribution in [-0.2, 0) is 24.4 Å². The minimum Gasteiger partial charge on any atom is -0.326 e. The average Bonchev–Trinajstić information content (AvgIpc) is 2.90. The highest BCUT2D eigenvalue weighted by Crippen LogP contribution is 2.37. The summed E-state index contributed by atoms with van der Waals surface area (Å²) in [7, 11) is -3.59. The van der Waals surface area contributed by atoms with E-state index in [2.05, 4.69) is 10.0 Å². The van der Waals surface area contributed by atoms with Crippen LogP contribution in [0.5, 0.6) is 0 Å². The molecule has 8 nitrogen and oxygen atoms in total. The molecule has 1 aromatic rings. The van der Waals surface area contributed by atoms with Crippen molar-refractivity contribution in [2.75, 3.05) is 11.9 Å². The van der Waals surface area contributed by atoms with Crippen LogP contribution >= 0.6 is 0 Å². The second-order valence-corrected chi connectivity index (χ2v) is 9.64. The number of benzene rings is 1. The van der Waals surface area contributed by atoms with E-state index < -0.39 is 10.0 Å². The number of hydrogen-bond donors (Lipinski definition) is 2. The zero-order chi connectivity index (χ0) is 21.2. The molecule has 2 aliphatic rings. The summed E-state index contributed by atoms with van der Waals surface area (Å²) in [6.45, 7) is 3.54. The highest BCUT2D eigenvalue weighted by atomic mass is 32.2. The van der Waals surface area contributed by atoms with Gasteiger partial charge in [0, 0.05) is 24.7 Å². The van der Waals surface area contributed by atoms with Gasteiger partial charge in [-0.25, -0.2) is 13.1 Å². The Morgan fingerprint density at radius 2 is 1.62 bits per heavy atom. The summed E-state index contributed by atoms with van der Waals surface area (Å²) in [5.74, 6) is -1.07. The van der Waals surface area contributed by atoms with Gasteiger partial charge in [0.2, 0.25) is 27.7 Å². The molecule has 1 saturated heterocycles. The lowest BCUT2D eigenvalue weighted by Gasteiger charge is -2.19. The monoisotopic (exact) mass is 421 g/mol. The second-order valence-electron chi connectivity index (χ2n) is 7.92. The first-order chi connectivity index (χ1) is 13.7. The minimum atomic E-state index is -3.59. The second kappa shape index (κ2) is 8.62. The number of fused-ring (bicyclic) bond motifs is 1. The fraction of sp³-hybridized carbons (Fsp3) is 0.550. The van der Waals surface area contributed by atoms with Crippen molar-refractivity contribution >= 4 is 33.4 Å². The number of nitrogens with zero attached hydrogens (tertiary/aromatic N) is 1. The predicted molar refractivity (Wildman–Crippen MR) is 107 cm³/mol. The number of anilines is 1. The van der Waals surface area contributed by atoms with Crippen LogP contribution in [0.25, 0.3) is 0 Å². The van der Waals surface area contributed by atoms with E-state index in [1.807, 2.05) is 0 Å². The molecule has 3 amide bonds. The van der Waals surface area contributed by atoms with Crippen molar-refractivity contribution in [2.24, 2.45) is 11.8 Å². The fourth-order valence-electron chi connectivity index (χ4n) is 3.98. The number of amides is 3. The summed E-state index contributed by atoms with van der Waals surface area (Å²) < 4.78 is 26.7. The number of rotatable bonds is 7. The molecule has 1 aliphatic carbocycles. The predicted octanol–water partition coefficient (Wildman–Crippen LogP) is 1.88. The normalized spacial score (nSPS) is 22.1. The molecule has 9 heteroatoms. The van der Waals surface area contributed by atoms with E-state index in [-0.39, 0.29) is 53.5 Å². The van der Waals surface area contributed by atoms with E-state index >= 15 is 0 Å². The van der Waals surface area contributed by atoms with Gasteiger partial charge in [-0.1, -0.05) is 12.8 Å². The summed E-state index contributed by atoms with van der Waals surface area (Å²) in [4.78, 5) is 38.5. The molecule has 0 aromatic heterocycles. The van der Waals surface area contributed by atoms with Crippen LogP contribution in [0.2, 0.25) is 0 Å². The van der Waals surface area contributed by atoms with Crippen LogP contribution in [0.4, 0.5) is 5.69 Å². The Hall–Kier alpha value is -2.26. The topological polar surface area (TPSA) is 113 Å². The quantitative estimate of drug-likeness (QED) is 0.653. The van der Waals surface area contributed by atoms with Crippen molar-refractivity contribution in [3.8, 4) is 0 Å². The molecule has 2 N–H and O–H groups in total. The molecule has 3 rings (SSSR count). The molecule has 0 spiro atoms. The lowest BCUT2D eigenvalue weighted by atomic mass is 9.81. The highest BCUT2D eigenvalue weighted by Gasteiger charge is 2.47. The van der Waals surface area contributed by atoms with E-state index in [1.54, 1.807) is 13.8 Å². The lowest BCUT2D eigenvalue weighted by molar-refractivity contribution is -0.140. The maximum Gasteiger partial charge on any atom is 0.240 e. The van der Waals surface area contributed by atoms with E-state index in [1.165, 1.54) is 29.2 Å². The van der Waals surface area contributed by atoms with Gasteiger partial charge in [0.25, 0.3) is 0 Å². The average molecular weight is 422 g/mol. The summed E-state index contributed by atoms with van der Waals surface area (Å²) in [5.41, 5.74) is 0.450. The molecule has 2 fully saturated rings. The van der Waals surface area contributed by atoms with Gasteiger partial charge in [-0.05, 0) is 51.0 Å². The van der Waals surface area contributed by atoms with Crippen molar-refractivity contribution < 1.29 is 22.8 Å². The lowest BCUT2D eigenvalue weighted by Crippen LogP contribution is -2.34. The molecule has 1 heterocycles. The van der Waals surface area contributed by atoms with E-state index in [4.69, 9.17) is 0 Å². The Labute approximate surface area is 171 Å². The van der Waals surface area contributed by atoms with Gasteiger partial charge in [0.15, 0.2) is 0 Å². The molecular formula is C20H27N3O5S. The van der Waals surface area contributed by atoms with Crippen LogP contribution < -0.4 is 10.0 Å². The van der Waals surface area contributed by atoms with Gasteiger partial charge in [0.1, 0.15) is 0 Å². The van der Waals surface area contributed by atoms with Crippen molar-refractivity contribution in [2.45, 2.75) is 56.9 Å². The molecular weight excluding hydrogens is 394 g/mol. The van der Waals surface area contributed by atoms with Gasteiger partial charge in [-0.3, -0.25) is 19.3 Å². The molecule has 2 atom stereocenters. The standard InChI is InChI=1S/C20H27N3O5S/c1-13(2)22-29(27,28)15-9-7-14(8-10-15)21-18(24)11-12-23-19(25)16-5-3-4-6-17(16)20(23)26/h7-10,13,16-17,22H,3-6,11-12H2,1-2H3,(H,21,24)/t16-,17-/m0/s1. The van der Waals surface area contributed by atoms with E-state index in [0.29, 0.717) is 5.69 Å². The van der Waals surface area contributed by atoms with Crippen LogP contribution in [0, 0.1) is 11.8 Å². The number of carbonyl (C=O) groups excluding carboxylic acids is 3. The molecule has 1 aliphatic heterocycles. The summed E-state index contributed by atoms with van der Waals surface area (Å²) >= 11 is 0. The van der Waals surface area contributed by atoms with Gasteiger partial charge in [-0.2, -0.15) is 0 Å². The molecule has 0 bridgehead atoms. The first kappa shape index (κ1) is 21.4. The third kappa shape index (κ3) is 4.84. The largest absolute Gasteiger partial charge is 0.326 e. The summed E-state index contributed by atoms with van der Waals surface area (Å²) in [6.07, 6.45) is 3.43. The molecule has 1 saturated carbocycles. The Kier molecular flexibility index (Phi) is 6.38. The van der Waals surface area contributed by atoms with Crippen LogP contribution in [-0.4, -0.2) is 43.6 Å². The first-order valence-electron chi connectivity index (χ1n) is 9.96.